The van der Waals surface area contributed by atoms with E-state index in [0.717, 1.165) is 5.56 Å². The lowest BCUT2D eigenvalue weighted by Crippen LogP contribution is -2.44. The summed E-state index contributed by atoms with van der Waals surface area (Å²) < 4.78 is 0. The van der Waals surface area contributed by atoms with Gasteiger partial charge >= 0.3 is 0 Å². The molecule has 1 atom stereocenters. The normalized spacial score (nSPS) is 13.2. The molecule has 3 aromatic rings. The highest BCUT2D eigenvalue weighted by molar-refractivity contribution is 6.31. The predicted molar refractivity (Wildman–Crippen MR) is 113 cm³/mol. The predicted octanol–water partition coefficient (Wildman–Crippen LogP) is 1.89. The van der Waals surface area contributed by atoms with Crippen LogP contribution >= 0.6 is 0 Å². The number of anilines is 1. The van der Waals surface area contributed by atoms with E-state index in [9.17, 15) is 24.6 Å². The zero-order valence-electron chi connectivity index (χ0n) is 16.3. The van der Waals surface area contributed by atoms with Crippen molar-refractivity contribution in [2.45, 2.75) is 12.5 Å². The summed E-state index contributed by atoms with van der Waals surface area (Å²) in [5.74, 6) is 3.68. The first-order valence-corrected chi connectivity index (χ1v) is 9.50. The standard InChI is InChI=1S/C23H19N3O5/c24-26-23(31)17(11-12-5-7-13(27)8-6-12)25-16-9-10-18(28)20-19(16)21(29)14-3-1-2-4-15(14)22(20)30/h1-10,17,25,27-28H,11,24H2,(H,26,31)/t17-/m0/s1. The number of phenolic OH excluding ortho intramolecular Hbond substituents is 2. The summed E-state index contributed by atoms with van der Waals surface area (Å²) in [4.78, 5) is 38.6. The summed E-state index contributed by atoms with van der Waals surface area (Å²) in [7, 11) is 0. The van der Waals surface area contributed by atoms with Crippen LogP contribution in [-0.4, -0.2) is 33.7 Å². The Bertz CT molecular complexity index is 1200. The molecule has 0 aliphatic heterocycles. The zero-order valence-corrected chi connectivity index (χ0v) is 16.3. The molecule has 0 saturated carbocycles. The molecule has 31 heavy (non-hydrogen) atoms. The van der Waals surface area contributed by atoms with Crippen LogP contribution in [0.5, 0.6) is 11.5 Å². The average Bonchev–Trinajstić information content (AvgIpc) is 2.78. The molecule has 0 spiro atoms. The van der Waals surface area contributed by atoms with Crippen LogP contribution < -0.4 is 16.6 Å². The topological polar surface area (TPSA) is 142 Å². The van der Waals surface area contributed by atoms with Crippen LogP contribution in [0.15, 0.2) is 60.7 Å². The molecule has 8 heteroatoms. The van der Waals surface area contributed by atoms with Gasteiger partial charge in [-0.3, -0.25) is 19.8 Å². The Balaban J connectivity index is 1.75. The first-order chi connectivity index (χ1) is 14.9. The van der Waals surface area contributed by atoms with E-state index in [1.807, 2.05) is 0 Å². The van der Waals surface area contributed by atoms with Crippen LogP contribution in [0.4, 0.5) is 5.69 Å². The van der Waals surface area contributed by atoms with Gasteiger partial charge in [0.05, 0.1) is 11.1 Å². The maximum atomic E-state index is 13.2. The number of hydrazine groups is 1. The van der Waals surface area contributed by atoms with Crippen LogP contribution in [0.1, 0.15) is 37.4 Å². The number of phenols is 2. The van der Waals surface area contributed by atoms with Crippen LogP contribution in [0.2, 0.25) is 0 Å². The fourth-order valence-electron chi connectivity index (χ4n) is 3.69. The molecule has 8 nitrogen and oxygen atoms in total. The van der Waals surface area contributed by atoms with Gasteiger partial charge < -0.3 is 15.5 Å². The number of amides is 1. The highest BCUT2D eigenvalue weighted by Gasteiger charge is 2.34. The van der Waals surface area contributed by atoms with Gasteiger partial charge in [0.25, 0.3) is 5.91 Å². The van der Waals surface area contributed by atoms with Gasteiger partial charge in [-0.05, 0) is 29.8 Å². The number of ketones is 2. The van der Waals surface area contributed by atoms with E-state index < -0.39 is 23.5 Å². The highest BCUT2D eigenvalue weighted by Crippen LogP contribution is 2.37. The summed E-state index contributed by atoms with van der Waals surface area (Å²) in [6.45, 7) is 0. The minimum absolute atomic E-state index is 0.00391. The van der Waals surface area contributed by atoms with Gasteiger partial charge in [-0.15, -0.1) is 0 Å². The Morgan fingerprint density at radius 1 is 0.871 bits per heavy atom. The quantitative estimate of drug-likeness (QED) is 0.144. The number of benzene rings is 3. The number of carbonyl (C=O) groups excluding carboxylic acids is 3. The molecule has 0 fully saturated rings. The smallest absolute Gasteiger partial charge is 0.256 e. The number of aromatic hydroxyl groups is 2. The lowest BCUT2D eigenvalue weighted by atomic mass is 9.82. The minimum Gasteiger partial charge on any atom is -0.508 e. The first kappa shape index (κ1) is 20.1. The van der Waals surface area contributed by atoms with Gasteiger partial charge in [0.2, 0.25) is 0 Å². The maximum Gasteiger partial charge on any atom is 0.256 e. The molecule has 1 amide bonds. The molecule has 4 rings (SSSR count). The van der Waals surface area contributed by atoms with E-state index in [4.69, 9.17) is 5.84 Å². The molecule has 156 valence electrons. The molecule has 1 aliphatic rings. The Morgan fingerprint density at radius 3 is 2.10 bits per heavy atom. The fraction of sp³-hybridized carbons (Fsp3) is 0.0870. The van der Waals surface area contributed by atoms with Crippen molar-refractivity contribution in [1.82, 2.24) is 5.43 Å². The van der Waals surface area contributed by atoms with Crippen molar-refractivity contribution in [2.24, 2.45) is 5.84 Å². The maximum absolute atomic E-state index is 13.2. The fourth-order valence-corrected chi connectivity index (χ4v) is 3.69. The highest BCUT2D eigenvalue weighted by atomic mass is 16.3. The summed E-state index contributed by atoms with van der Waals surface area (Å²) in [5.41, 5.74) is 3.40. The van der Waals surface area contributed by atoms with Gasteiger partial charge in [0.15, 0.2) is 11.6 Å². The first-order valence-electron chi connectivity index (χ1n) is 9.50. The molecule has 0 heterocycles. The van der Waals surface area contributed by atoms with Crippen molar-refractivity contribution in [3.8, 4) is 11.5 Å². The Morgan fingerprint density at radius 2 is 1.48 bits per heavy atom. The summed E-state index contributed by atoms with van der Waals surface area (Å²) >= 11 is 0. The molecule has 0 bridgehead atoms. The largest absolute Gasteiger partial charge is 0.508 e. The zero-order chi connectivity index (χ0) is 22.1. The van der Waals surface area contributed by atoms with Gasteiger partial charge in [-0.25, -0.2) is 5.84 Å². The minimum atomic E-state index is -0.886. The second-order valence-electron chi connectivity index (χ2n) is 7.16. The van der Waals surface area contributed by atoms with E-state index in [2.05, 4.69) is 10.7 Å². The molecule has 0 saturated heterocycles. The average molecular weight is 417 g/mol. The molecule has 3 aromatic carbocycles. The summed E-state index contributed by atoms with van der Waals surface area (Å²) in [5, 5.41) is 22.8. The Hall–Kier alpha value is -4.17. The second-order valence-corrected chi connectivity index (χ2v) is 7.16. The van der Waals surface area contributed by atoms with Gasteiger partial charge in [-0.1, -0.05) is 36.4 Å². The van der Waals surface area contributed by atoms with E-state index in [1.165, 1.54) is 30.3 Å². The van der Waals surface area contributed by atoms with Crippen molar-refractivity contribution < 1.29 is 24.6 Å². The molecule has 0 unspecified atom stereocenters. The van der Waals surface area contributed by atoms with E-state index in [-0.39, 0.29) is 45.9 Å². The lowest BCUT2D eigenvalue weighted by molar-refractivity contribution is -0.121. The van der Waals surface area contributed by atoms with Crippen LogP contribution in [0, 0.1) is 0 Å². The van der Waals surface area contributed by atoms with Gasteiger partial charge in [0, 0.05) is 23.2 Å². The lowest BCUT2D eigenvalue weighted by Gasteiger charge is -2.24. The van der Waals surface area contributed by atoms with Crippen LogP contribution in [0.3, 0.4) is 0 Å². The van der Waals surface area contributed by atoms with Crippen LogP contribution in [0.25, 0.3) is 0 Å². The molecular weight excluding hydrogens is 398 g/mol. The molecular formula is C23H19N3O5. The second kappa shape index (κ2) is 7.92. The van der Waals surface area contributed by atoms with E-state index in [1.54, 1.807) is 30.3 Å². The van der Waals surface area contributed by atoms with E-state index in [0.29, 0.717) is 0 Å². The summed E-state index contributed by atoms with van der Waals surface area (Å²) in [6, 6.07) is 14.6. The monoisotopic (exact) mass is 417 g/mol. The Kier molecular flexibility index (Phi) is 5.14. The number of carbonyl (C=O) groups is 3. The number of hydrogen-bond donors (Lipinski definition) is 5. The van der Waals surface area contributed by atoms with Gasteiger partial charge in [-0.2, -0.15) is 0 Å². The third-order valence-electron chi connectivity index (χ3n) is 5.22. The van der Waals surface area contributed by atoms with Crippen molar-refractivity contribution in [2.75, 3.05) is 5.32 Å². The van der Waals surface area contributed by atoms with Crippen LogP contribution in [-0.2, 0) is 11.2 Å². The Labute approximate surface area is 177 Å². The number of fused-ring (bicyclic) bond motifs is 2. The van der Waals surface area contributed by atoms with Crippen molar-refractivity contribution >= 4 is 23.2 Å². The number of hydrogen-bond acceptors (Lipinski definition) is 7. The van der Waals surface area contributed by atoms with E-state index >= 15 is 0 Å². The molecule has 1 aliphatic carbocycles. The summed E-state index contributed by atoms with van der Waals surface area (Å²) in [6.07, 6.45) is 0.192. The number of nitrogens with two attached hydrogens (primary N) is 1. The molecule has 0 radical (unpaired) electrons. The van der Waals surface area contributed by atoms with Crippen molar-refractivity contribution in [3.63, 3.8) is 0 Å². The van der Waals surface area contributed by atoms with Gasteiger partial charge in [0.1, 0.15) is 17.5 Å². The molecule has 0 aromatic heterocycles. The molecule has 6 N–H and O–H groups in total. The SMILES string of the molecule is NNC(=O)[C@H](Cc1ccc(O)cc1)Nc1ccc(O)c2c1C(=O)c1ccccc1C2=O. The van der Waals surface area contributed by atoms with Crippen molar-refractivity contribution in [3.05, 3.63) is 88.5 Å². The number of rotatable bonds is 5. The third kappa shape index (κ3) is 3.60. The third-order valence-corrected chi connectivity index (χ3v) is 5.22. The van der Waals surface area contributed by atoms with Crippen molar-refractivity contribution in [1.29, 1.82) is 0 Å². The number of nitrogens with one attached hydrogen (secondary N) is 2.